The number of rotatable bonds is 8. The first kappa shape index (κ1) is 37.2. The maximum absolute atomic E-state index is 13.0. The Bertz CT molecular complexity index is 2600. The highest BCUT2D eigenvalue weighted by Gasteiger charge is 2.19. The molecule has 15 nitrogen and oxygen atoms in total. The molecule has 0 radical (unpaired) electrons. The zero-order valence-corrected chi connectivity index (χ0v) is 29.8. The van der Waals surface area contributed by atoms with Gasteiger partial charge in [-0.2, -0.15) is 16.8 Å². The molecule has 0 bridgehead atoms. The normalized spacial score (nSPS) is 11.6. The third-order valence-corrected chi connectivity index (χ3v) is 10.2. The van der Waals surface area contributed by atoms with Crippen molar-refractivity contribution >= 4 is 82.4 Å². The molecule has 0 fully saturated rings. The number of amides is 4. The van der Waals surface area contributed by atoms with E-state index < -0.39 is 59.4 Å². The van der Waals surface area contributed by atoms with Crippen LogP contribution in [0.5, 0.6) is 11.5 Å². The molecule has 0 saturated heterocycles. The molecule has 0 aliphatic heterocycles. The Kier molecular flexibility index (Phi) is 9.74. The predicted octanol–water partition coefficient (Wildman–Crippen LogP) is 6.28. The third-order valence-electron chi connectivity index (χ3n) is 8.40. The minimum absolute atomic E-state index is 0.0849. The third kappa shape index (κ3) is 8.08. The summed E-state index contributed by atoms with van der Waals surface area (Å²) >= 11 is 0. The van der Waals surface area contributed by atoms with Crippen molar-refractivity contribution in [2.45, 2.75) is 23.6 Å². The topological polar surface area (TPSA) is 249 Å². The van der Waals surface area contributed by atoms with E-state index in [-0.39, 0.29) is 11.1 Å². The van der Waals surface area contributed by atoms with Gasteiger partial charge in [-0.1, -0.05) is 24.3 Å². The Hall–Kier alpha value is -6.53. The van der Waals surface area contributed by atoms with E-state index in [1.807, 2.05) is 0 Å². The molecule has 276 valence electrons. The molecule has 17 heteroatoms. The molecular weight excluding hydrogens is 741 g/mol. The summed E-state index contributed by atoms with van der Waals surface area (Å²) in [4.78, 5) is 37.5. The summed E-state index contributed by atoms with van der Waals surface area (Å²) in [6.45, 7) is 3.55. The standard InChI is InChI=1S/C37H30N4O11S2/c1-19-3-5-23(13-29(19)38-27-9-7-21-17-33(53(47,48)49)31(42)15-25(21)11-27)35(44)40-37(46)41-36(45)24-6-4-20(2)30(14-24)39-28-10-8-22-18-34(54(50,51)52)32(43)16-26(22)12-28/h3-18,38-39,42-43H,1-2H3,(H,47,48,49)(H,50,51,52)(H2,40,41,44,45,46). The number of phenols is 2. The van der Waals surface area contributed by atoms with Crippen molar-refractivity contribution < 1.29 is 50.5 Å². The SMILES string of the molecule is Cc1ccc(C(=O)NC(=O)NC(=O)c2ccc(C)c(Nc3ccc4cc(S(=O)(=O)O)c(O)cc4c3)c2)cc1Nc1ccc2cc(S(=O)(=O)O)c(O)cc2c1. The molecule has 54 heavy (non-hydrogen) atoms. The number of imide groups is 2. The number of carbonyl (C=O) groups is 3. The molecular formula is C37H30N4O11S2. The van der Waals surface area contributed by atoms with Gasteiger partial charge in [0, 0.05) is 33.9 Å². The van der Waals surface area contributed by atoms with Crippen LogP contribution in [0.4, 0.5) is 27.5 Å². The number of fused-ring (bicyclic) bond motifs is 2. The van der Waals surface area contributed by atoms with Gasteiger partial charge in [0.15, 0.2) is 0 Å². The van der Waals surface area contributed by atoms with Gasteiger partial charge in [0.2, 0.25) is 0 Å². The average Bonchev–Trinajstić information content (AvgIpc) is 3.08. The molecule has 0 aliphatic rings. The van der Waals surface area contributed by atoms with E-state index in [9.17, 15) is 50.5 Å². The fourth-order valence-electron chi connectivity index (χ4n) is 5.59. The predicted molar refractivity (Wildman–Crippen MR) is 200 cm³/mol. The van der Waals surface area contributed by atoms with Crippen molar-refractivity contribution in [3.63, 3.8) is 0 Å². The molecule has 0 aliphatic carbocycles. The van der Waals surface area contributed by atoms with Crippen LogP contribution in [-0.4, -0.2) is 54.0 Å². The van der Waals surface area contributed by atoms with Crippen LogP contribution in [0, 0.1) is 13.8 Å². The number of aryl methyl sites for hydroxylation is 2. The van der Waals surface area contributed by atoms with Crippen molar-refractivity contribution in [3.05, 3.63) is 119 Å². The van der Waals surface area contributed by atoms with Crippen LogP contribution < -0.4 is 21.3 Å². The van der Waals surface area contributed by atoms with E-state index in [1.54, 1.807) is 62.4 Å². The van der Waals surface area contributed by atoms with Gasteiger partial charge < -0.3 is 20.8 Å². The minimum atomic E-state index is -4.63. The first-order valence-electron chi connectivity index (χ1n) is 15.8. The van der Waals surface area contributed by atoms with E-state index in [1.165, 1.54) is 36.4 Å². The van der Waals surface area contributed by atoms with Crippen LogP contribution in [-0.2, 0) is 20.2 Å². The average molecular weight is 771 g/mol. The Morgan fingerprint density at radius 3 is 1.26 bits per heavy atom. The Morgan fingerprint density at radius 1 is 0.500 bits per heavy atom. The lowest BCUT2D eigenvalue weighted by atomic mass is 10.1. The number of benzene rings is 6. The van der Waals surface area contributed by atoms with E-state index in [0.29, 0.717) is 44.3 Å². The van der Waals surface area contributed by atoms with Crippen LogP contribution in [0.2, 0.25) is 0 Å². The summed E-state index contributed by atoms with van der Waals surface area (Å²) in [7, 11) is -9.27. The highest BCUT2D eigenvalue weighted by Crippen LogP contribution is 2.33. The van der Waals surface area contributed by atoms with E-state index in [4.69, 9.17) is 0 Å². The summed E-state index contributed by atoms with van der Waals surface area (Å²) in [6, 6.07) is 22.5. The molecule has 6 rings (SSSR count). The summed E-state index contributed by atoms with van der Waals surface area (Å²) < 4.78 is 64.9. The smallest absolute Gasteiger partial charge is 0.328 e. The van der Waals surface area contributed by atoms with Crippen molar-refractivity contribution in [2.24, 2.45) is 0 Å². The number of phenolic OH excluding ortho intramolecular Hbond substituents is 2. The monoisotopic (exact) mass is 770 g/mol. The maximum Gasteiger partial charge on any atom is 0.328 e. The maximum atomic E-state index is 13.0. The van der Waals surface area contributed by atoms with Gasteiger partial charge in [-0.15, -0.1) is 0 Å². The molecule has 0 heterocycles. The number of carbonyl (C=O) groups excluding carboxylic acids is 3. The summed E-state index contributed by atoms with van der Waals surface area (Å²) in [5.74, 6) is -2.86. The van der Waals surface area contributed by atoms with E-state index >= 15 is 0 Å². The zero-order valence-electron chi connectivity index (χ0n) is 28.2. The van der Waals surface area contributed by atoms with Crippen molar-refractivity contribution in [1.82, 2.24) is 10.6 Å². The second-order valence-electron chi connectivity index (χ2n) is 12.3. The number of anilines is 4. The highest BCUT2D eigenvalue weighted by molar-refractivity contribution is 7.86. The van der Waals surface area contributed by atoms with E-state index in [0.717, 1.165) is 23.3 Å². The van der Waals surface area contributed by atoms with Gasteiger partial charge in [-0.3, -0.25) is 29.3 Å². The number of nitrogens with one attached hydrogen (secondary N) is 4. The molecule has 0 saturated carbocycles. The first-order chi connectivity index (χ1) is 25.3. The lowest BCUT2D eigenvalue weighted by molar-refractivity contribution is 0.0944. The summed E-state index contributed by atoms with van der Waals surface area (Å²) in [6.07, 6.45) is 0. The highest BCUT2D eigenvalue weighted by atomic mass is 32.2. The first-order valence-corrected chi connectivity index (χ1v) is 18.6. The van der Waals surface area contributed by atoms with Crippen LogP contribution in [0.25, 0.3) is 21.5 Å². The molecule has 6 aromatic carbocycles. The van der Waals surface area contributed by atoms with Gasteiger partial charge in [-0.25, -0.2) is 4.79 Å². The molecule has 0 unspecified atom stereocenters. The van der Waals surface area contributed by atoms with Crippen molar-refractivity contribution in [2.75, 3.05) is 10.6 Å². The van der Waals surface area contributed by atoms with E-state index in [2.05, 4.69) is 21.3 Å². The molecule has 0 atom stereocenters. The quantitative estimate of drug-likeness (QED) is 0.0795. The van der Waals surface area contributed by atoms with Gasteiger partial charge >= 0.3 is 6.03 Å². The van der Waals surface area contributed by atoms with Crippen LogP contribution in [0.1, 0.15) is 31.8 Å². The Labute approximate surface area is 307 Å². The fraction of sp³-hybridized carbons (Fsp3) is 0.0541. The zero-order chi connectivity index (χ0) is 39.1. The molecule has 4 amide bonds. The summed E-state index contributed by atoms with van der Waals surface area (Å²) in [5, 5.41) is 32.6. The van der Waals surface area contributed by atoms with Gasteiger partial charge in [0.05, 0.1) is 0 Å². The molecule has 6 aromatic rings. The lowest BCUT2D eigenvalue weighted by Crippen LogP contribution is -2.42. The summed E-state index contributed by atoms with van der Waals surface area (Å²) in [5.41, 5.74) is 3.65. The molecule has 0 spiro atoms. The van der Waals surface area contributed by atoms with Crippen LogP contribution in [0.15, 0.2) is 107 Å². The largest absolute Gasteiger partial charge is 0.506 e. The van der Waals surface area contributed by atoms with Crippen molar-refractivity contribution in [3.8, 4) is 11.5 Å². The van der Waals surface area contributed by atoms with Crippen LogP contribution in [0.3, 0.4) is 0 Å². The van der Waals surface area contributed by atoms with Crippen molar-refractivity contribution in [1.29, 1.82) is 0 Å². The minimum Gasteiger partial charge on any atom is -0.506 e. The number of hydrogen-bond donors (Lipinski definition) is 8. The number of aromatic hydroxyl groups is 2. The molecule has 8 N–H and O–H groups in total. The molecule has 0 aromatic heterocycles. The second-order valence-corrected chi connectivity index (χ2v) is 15.0. The Morgan fingerprint density at radius 2 is 0.889 bits per heavy atom. The fourth-order valence-corrected chi connectivity index (χ4v) is 6.79. The van der Waals surface area contributed by atoms with Gasteiger partial charge in [0.25, 0.3) is 32.1 Å². The second kappa shape index (κ2) is 14.1. The lowest BCUT2D eigenvalue weighted by Gasteiger charge is -2.14. The number of hydrogen-bond acceptors (Lipinski definition) is 11. The van der Waals surface area contributed by atoms with Gasteiger partial charge in [-0.05, 0) is 119 Å². The number of urea groups is 1. The Balaban J connectivity index is 1.12. The van der Waals surface area contributed by atoms with Crippen LogP contribution >= 0.6 is 0 Å². The van der Waals surface area contributed by atoms with Gasteiger partial charge in [0.1, 0.15) is 21.3 Å².